The molecular formula is C11H17N5. The first-order valence-corrected chi connectivity index (χ1v) is 5.89. The van der Waals surface area contributed by atoms with Gasteiger partial charge in [0.2, 0.25) is 0 Å². The Balaban J connectivity index is 1.72. The van der Waals surface area contributed by atoms with Gasteiger partial charge >= 0.3 is 0 Å². The lowest BCUT2D eigenvalue weighted by Crippen LogP contribution is -2.51. The molecule has 16 heavy (non-hydrogen) atoms. The summed E-state index contributed by atoms with van der Waals surface area (Å²) >= 11 is 0. The fourth-order valence-corrected chi connectivity index (χ4v) is 1.75. The van der Waals surface area contributed by atoms with Crippen molar-refractivity contribution in [3.05, 3.63) is 11.9 Å². The van der Waals surface area contributed by atoms with Crippen LogP contribution in [0.5, 0.6) is 0 Å². The SMILES string of the molecule is Cc1nc(NC2CC2)cc(NC2CNC2)n1. The molecule has 0 atom stereocenters. The Bertz CT molecular complexity index is 384. The van der Waals surface area contributed by atoms with Gasteiger partial charge in [0.1, 0.15) is 17.5 Å². The minimum absolute atomic E-state index is 0.517. The van der Waals surface area contributed by atoms with E-state index < -0.39 is 0 Å². The maximum absolute atomic E-state index is 4.39. The fourth-order valence-electron chi connectivity index (χ4n) is 1.75. The molecule has 0 amide bonds. The maximum atomic E-state index is 4.39. The summed E-state index contributed by atoms with van der Waals surface area (Å²) in [5.41, 5.74) is 0. The van der Waals surface area contributed by atoms with Gasteiger partial charge in [-0.3, -0.25) is 0 Å². The summed E-state index contributed by atoms with van der Waals surface area (Å²) in [7, 11) is 0. The Labute approximate surface area is 95.1 Å². The Morgan fingerprint density at radius 3 is 2.25 bits per heavy atom. The van der Waals surface area contributed by atoms with Crippen molar-refractivity contribution in [3.8, 4) is 0 Å². The van der Waals surface area contributed by atoms with Crippen molar-refractivity contribution in [1.29, 1.82) is 0 Å². The first kappa shape index (κ1) is 9.84. The zero-order valence-corrected chi connectivity index (χ0v) is 9.45. The zero-order chi connectivity index (χ0) is 11.0. The minimum Gasteiger partial charge on any atom is -0.367 e. The first-order chi connectivity index (χ1) is 7.79. The molecule has 2 aliphatic rings. The molecular weight excluding hydrogens is 202 g/mol. The van der Waals surface area contributed by atoms with Crippen molar-refractivity contribution in [2.45, 2.75) is 31.8 Å². The zero-order valence-electron chi connectivity index (χ0n) is 9.45. The third-order valence-electron chi connectivity index (χ3n) is 2.90. The van der Waals surface area contributed by atoms with Crippen molar-refractivity contribution in [2.24, 2.45) is 0 Å². The van der Waals surface area contributed by atoms with E-state index in [2.05, 4.69) is 25.9 Å². The molecule has 1 aliphatic heterocycles. The summed E-state index contributed by atoms with van der Waals surface area (Å²) in [5.74, 6) is 2.70. The maximum Gasteiger partial charge on any atom is 0.132 e. The molecule has 0 bridgehead atoms. The van der Waals surface area contributed by atoms with Crippen LogP contribution in [0.2, 0.25) is 0 Å². The Hall–Kier alpha value is -1.36. The van der Waals surface area contributed by atoms with Gasteiger partial charge < -0.3 is 16.0 Å². The molecule has 5 nitrogen and oxygen atoms in total. The monoisotopic (exact) mass is 219 g/mol. The van der Waals surface area contributed by atoms with E-state index in [-0.39, 0.29) is 0 Å². The van der Waals surface area contributed by atoms with Crippen molar-refractivity contribution in [3.63, 3.8) is 0 Å². The molecule has 2 heterocycles. The second kappa shape index (κ2) is 3.90. The van der Waals surface area contributed by atoms with E-state index in [1.807, 2.05) is 13.0 Å². The van der Waals surface area contributed by atoms with Crippen LogP contribution in [-0.4, -0.2) is 35.1 Å². The van der Waals surface area contributed by atoms with Gasteiger partial charge in [0, 0.05) is 25.2 Å². The number of nitrogens with one attached hydrogen (secondary N) is 3. The summed E-state index contributed by atoms with van der Waals surface area (Å²) in [6.07, 6.45) is 2.52. The molecule has 0 unspecified atom stereocenters. The van der Waals surface area contributed by atoms with Gasteiger partial charge in [-0.1, -0.05) is 0 Å². The third kappa shape index (κ3) is 2.24. The van der Waals surface area contributed by atoms with Crippen molar-refractivity contribution < 1.29 is 0 Å². The van der Waals surface area contributed by atoms with E-state index in [4.69, 9.17) is 0 Å². The van der Waals surface area contributed by atoms with Crippen LogP contribution in [0, 0.1) is 6.92 Å². The predicted molar refractivity (Wildman–Crippen MR) is 63.7 cm³/mol. The molecule has 1 saturated heterocycles. The van der Waals surface area contributed by atoms with Crippen LogP contribution in [0.1, 0.15) is 18.7 Å². The largest absolute Gasteiger partial charge is 0.367 e. The van der Waals surface area contributed by atoms with Crippen molar-refractivity contribution >= 4 is 11.6 Å². The Morgan fingerprint density at radius 1 is 1.12 bits per heavy atom. The number of aromatic nitrogens is 2. The molecule has 86 valence electrons. The Morgan fingerprint density at radius 2 is 1.75 bits per heavy atom. The van der Waals surface area contributed by atoms with Gasteiger partial charge in [-0.2, -0.15) is 0 Å². The number of hydrogen-bond acceptors (Lipinski definition) is 5. The highest BCUT2D eigenvalue weighted by atomic mass is 15.2. The number of rotatable bonds is 4. The van der Waals surface area contributed by atoms with Crippen LogP contribution in [0.15, 0.2) is 6.07 Å². The number of anilines is 2. The van der Waals surface area contributed by atoms with E-state index in [9.17, 15) is 0 Å². The summed E-state index contributed by atoms with van der Waals surface area (Å²) in [6.45, 7) is 3.98. The highest BCUT2D eigenvalue weighted by molar-refractivity contribution is 5.49. The molecule has 1 saturated carbocycles. The topological polar surface area (TPSA) is 61.9 Å². The summed E-state index contributed by atoms with van der Waals surface area (Å²) in [4.78, 5) is 8.78. The highest BCUT2D eigenvalue weighted by Crippen LogP contribution is 2.24. The lowest BCUT2D eigenvalue weighted by Gasteiger charge is -2.28. The van der Waals surface area contributed by atoms with E-state index in [0.29, 0.717) is 12.1 Å². The van der Waals surface area contributed by atoms with Crippen LogP contribution >= 0.6 is 0 Å². The van der Waals surface area contributed by atoms with Gasteiger partial charge in [0.05, 0.1) is 6.04 Å². The molecule has 0 radical (unpaired) electrons. The van der Waals surface area contributed by atoms with Gasteiger partial charge in [0.25, 0.3) is 0 Å². The second-order valence-electron chi connectivity index (χ2n) is 4.60. The Kier molecular flexibility index (Phi) is 2.40. The second-order valence-corrected chi connectivity index (χ2v) is 4.60. The normalized spacial score (nSPS) is 20.3. The summed E-state index contributed by atoms with van der Waals surface area (Å²) < 4.78 is 0. The van der Waals surface area contributed by atoms with Gasteiger partial charge in [-0.25, -0.2) is 9.97 Å². The van der Waals surface area contributed by atoms with Crippen molar-refractivity contribution in [2.75, 3.05) is 23.7 Å². The smallest absolute Gasteiger partial charge is 0.132 e. The summed E-state index contributed by atoms with van der Waals surface area (Å²) in [5, 5.41) is 10.0. The lowest BCUT2D eigenvalue weighted by atomic mass is 10.2. The predicted octanol–water partition coefficient (Wildman–Crippen LogP) is 0.743. The van der Waals surface area contributed by atoms with E-state index >= 15 is 0 Å². The first-order valence-electron chi connectivity index (χ1n) is 5.89. The van der Waals surface area contributed by atoms with Crippen LogP contribution in [0.25, 0.3) is 0 Å². The highest BCUT2D eigenvalue weighted by Gasteiger charge is 2.22. The standard InChI is InChI=1S/C11H17N5/c1-7-13-10(15-8-2-3-8)4-11(14-7)16-9-5-12-6-9/h4,8-9,12H,2-3,5-6H2,1H3,(H2,13,14,15,16). The minimum atomic E-state index is 0.517. The number of hydrogen-bond donors (Lipinski definition) is 3. The quantitative estimate of drug-likeness (QED) is 0.697. The average Bonchev–Trinajstić information content (AvgIpc) is 2.94. The number of nitrogens with zero attached hydrogens (tertiary/aromatic N) is 2. The van der Waals surface area contributed by atoms with Gasteiger partial charge in [0.15, 0.2) is 0 Å². The van der Waals surface area contributed by atoms with Crippen LogP contribution in [-0.2, 0) is 0 Å². The third-order valence-corrected chi connectivity index (χ3v) is 2.90. The van der Waals surface area contributed by atoms with Crippen molar-refractivity contribution in [1.82, 2.24) is 15.3 Å². The lowest BCUT2D eigenvalue weighted by molar-refractivity contribution is 0.471. The van der Waals surface area contributed by atoms with Crippen LogP contribution in [0.3, 0.4) is 0 Å². The molecule has 1 aromatic heterocycles. The van der Waals surface area contributed by atoms with Crippen LogP contribution in [0.4, 0.5) is 11.6 Å². The molecule has 5 heteroatoms. The molecule has 1 aliphatic carbocycles. The van der Waals surface area contributed by atoms with Crippen LogP contribution < -0.4 is 16.0 Å². The van der Waals surface area contributed by atoms with Gasteiger partial charge in [-0.15, -0.1) is 0 Å². The fraction of sp³-hybridized carbons (Fsp3) is 0.636. The van der Waals surface area contributed by atoms with Gasteiger partial charge in [-0.05, 0) is 19.8 Å². The van der Waals surface area contributed by atoms with E-state index in [1.165, 1.54) is 12.8 Å². The molecule has 2 fully saturated rings. The average molecular weight is 219 g/mol. The number of aryl methyl sites for hydroxylation is 1. The molecule has 1 aromatic rings. The molecule has 0 spiro atoms. The van der Waals surface area contributed by atoms with E-state index in [1.54, 1.807) is 0 Å². The molecule has 3 N–H and O–H groups in total. The summed E-state index contributed by atoms with van der Waals surface area (Å²) in [6, 6.07) is 3.15. The molecule has 0 aromatic carbocycles. The van der Waals surface area contributed by atoms with E-state index in [0.717, 1.165) is 30.5 Å². The molecule has 3 rings (SSSR count).